The topological polar surface area (TPSA) is 93.3 Å². The number of nitrogens with zero attached hydrogens (tertiary/aromatic N) is 3. The van der Waals surface area contributed by atoms with Crippen molar-refractivity contribution in [1.82, 2.24) is 9.78 Å². The van der Waals surface area contributed by atoms with Crippen molar-refractivity contribution >= 4 is 40.8 Å². The van der Waals surface area contributed by atoms with Gasteiger partial charge in [-0.1, -0.05) is 41.4 Å². The van der Waals surface area contributed by atoms with Crippen LogP contribution in [0.15, 0.2) is 76.5 Å². The molecule has 0 amide bonds. The first-order valence-electron chi connectivity index (χ1n) is 9.19. The molecule has 7 nitrogen and oxygen atoms in total. The molecule has 160 valence electrons. The SMILES string of the molecule is O=c1c(C=Nc2ccc(F)cc2)c(-c2cc([N+](=O)[O-])c(Cl)cc2Cl)[nH]n1-c1ccccc1. The molecule has 1 N–H and O–H groups in total. The predicted octanol–water partition coefficient (Wildman–Crippen LogP) is 5.94. The Kier molecular flexibility index (Phi) is 5.89. The summed E-state index contributed by atoms with van der Waals surface area (Å²) >= 11 is 12.3. The van der Waals surface area contributed by atoms with Gasteiger partial charge in [0.1, 0.15) is 10.8 Å². The minimum absolute atomic E-state index is 0.108. The maximum Gasteiger partial charge on any atom is 0.288 e. The van der Waals surface area contributed by atoms with Crippen LogP contribution in [-0.4, -0.2) is 20.9 Å². The summed E-state index contributed by atoms with van der Waals surface area (Å²) in [5, 5.41) is 14.3. The van der Waals surface area contributed by atoms with Crippen molar-refractivity contribution in [3.05, 3.63) is 109 Å². The van der Waals surface area contributed by atoms with E-state index in [0.717, 1.165) is 0 Å². The number of H-pyrrole nitrogens is 1. The van der Waals surface area contributed by atoms with Crippen molar-refractivity contribution in [3.63, 3.8) is 0 Å². The molecule has 10 heteroatoms. The van der Waals surface area contributed by atoms with Crippen LogP contribution in [0.3, 0.4) is 0 Å². The normalized spacial score (nSPS) is 11.2. The van der Waals surface area contributed by atoms with E-state index in [-0.39, 0.29) is 32.6 Å². The Hall–Kier alpha value is -3.75. The third-order valence-electron chi connectivity index (χ3n) is 4.61. The summed E-state index contributed by atoms with van der Waals surface area (Å²) in [6, 6.07) is 16.6. The highest BCUT2D eigenvalue weighted by atomic mass is 35.5. The molecule has 3 aromatic carbocycles. The molecule has 0 aliphatic heterocycles. The highest BCUT2D eigenvalue weighted by Gasteiger charge is 2.22. The van der Waals surface area contributed by atoms with Gasteiger partial charge in [-0.3, -0.25) is 25.0 Å². The number of hydrogen-bond acceptors (Lipinski definition) is 4. The van der Waals surface area contributed by atoms with Crippen molar-refractivity contribution in [2.75, 3.05) is 0 Å². The zero-order valence-electron chi connectivity index (χ0n) is 16.1. The second-order valence-corrected chi connectivity index (χ2v) is 7.47. The number of nitrogens with one attached hydrogen (secondary N) is 1. The Balaban J connectivity index is 1.94. The number of nitro benzene ring substituents is 1. The summed E-state index contributed by atoms with van der Waals surface area (Å²) in [6.45, 7) is 0. The van der Waals surface area contributed by atoms with E-state index in [0.29, 0.717) is 11.4 Å². The summed E-state index contributed by atoms with van der Waals surface area (Å²) in [5.41, 5.74) is 0.671. The molecule has 32 heavy (non-hydrogen) atoms. The summed E-state index contributed by atoms with van der Waals surface area (Å²) in [6.07, 6.45) is 1.30. The van der Waals surface area contributed by atoms with Crippen LogP contribution < -0.4 is 5.56 Å². The lowest BCUT2D eigenvalue weighted by Crippen LogP contribution is -2.17. The summed E-state index contributed by atoms with van der Waals surface area (Å²) in [7, 11) is 0. The van der Waals surface area contributed by atoms with Gasteiger partial charge in [0.05, 0.1) is 32.6 Å². The first kappa shape index (κ1) is 21.5. The fourth-order valence-corrected chi connectivity index (χ4v) is 3.62. The first-order valence-corrected chi connectivity index (χ1v) is 9.94. The van der Waals surface area contributed by atoms with Crippen molar-refractivity contribution in [2.24, 2.45) is 4.99 Å². The van der Waals surface area contributed by atoms with Crippen LogP contribution in [0.1, 0.15) is 5.56 Å². The fourth-order valence-electron chi connectivity index (χ4n) is 3.07. The average molecular weight is 471 g/mol. The van der Waals surface area contributed by atoms with E-state index in [1.807, 2.05) is 0 Å². The van der Waals surface area contributed by atoms with Crippen LogP contribution in [0.2, 0.25) is 10.0 Å². The third-order valence-corrected chi connectivity index (χ3v) is 5.23. The average Bonchev–Trinajstić information content (AvgIpc) is 3.10. The molecular formula is C22H13Cl2FN4O3. The zero-order chi connectivity index (χ0) is 22.8. The van der Waals surface area contributed by atoms with Gasteiger partial charge in [0, 0.05) is 17.8 Å². The number of para-hydroxylation sites is 1. The number of aromatic amines is 1. The van der Waals surface area contributed by atoms with Crippen LogP contribution in [0.4, 0.5) is 15.8 Å². The van der Waals surface area contributed by atoms with Crippen molar-refractivity contribution in [2.45, 2.75) is 0 Å². The highest BCUT2D eigenvalue weighted by molar-refractivity contribution is 6.37. The van der Waals surface area contributed by atoms with Gasteiger partial charge in [0.15, 0.2) is 0 Å². The van der Waals surface area contributed by atoms with E-state index in [1.54, 1.807) is 30.3 Å². The third kappa shape index (κ3) is 4.18. The van der Waals surface area contributed by atoms with Crippen LogP contribution in [0, 0.1) is 15.9 Å². The van der Waals surface area contributed by atoms with Gasteiger partial charge < -0.3 is 0 Å². The number of nitro groups is 1. The van der Waals surface area contributed by atoms with Gasteiger partial charge >= 0.3 is 0 Å². The van der Waals surface area contributed by atoms with E-state index >= 15 is 0 Å². The number of benzene rings is 3. The largest absolute Gasteiger partial charge is 0.290 e. The summed E-state index contributed by atoms with van der Waals surface area (Å²) in [5.74, 6) is -0.419. The molecule has 0 atom stereocenters. The monoisotopic (exact) mass is 470 g/mol. The second-order valence-electron chi connectivity index (χ2n) is 6.65. The maximum absolute atomic E-state index is 13.2. The number of rotatable bonds is 5. The quantitative estimate of drug-likeness (QED) is 0.222. The molecule has 0 radical (unpaired) electrons. The fraction of sp³-hybridized carbons (Fsp3) is 0. The molecule has 0 saturated heterocycles. The van der Waals surface area contributed by atoms with Crippen LogP contribution in [0.25, 0.3) is 16.9 Å². The first-order chi connectivity index (χ1) is 15.3. The van der Waals surface area contributed by atoms with Crippen LogP contribution >= 0.6 is 23.2 Å². The maximum atomic E-state index is 13.2. The Morgan fingerprint density at radius 2 is 1.72 bits per heavy atom. The molecule has 1 heterocycles. The summed E-state index contributed by atoms with van der Waals surface area (Å²) < 4.78 is 14.5. The molecule has 0 fully saturated rings. The molecule has 0 aliphatic carbocycles. The van der Waals surface area contributed by atoms with E-state index in [2.05, 4.69) is 10.1 Å². The zero-order valence-corrected chi connectivity index (χ0v) is 17.6. The smallest absolute Gasteiger partial charge is 0.288 e. The van der Waals surface area contributed by atoms with E-state index in [1.165, 1.54) is 47.3 Å². The molecule has 0 spiro atoms. The molecule has 0 saturated carbocycles. The molecule has 0 unspecified atom stereocenters. The Bertz CT molecular complexity index is 1400. The lowest BCUT2D eigenvalue weighted by molar-refractivity contribution is -0.384. The Labute approximate surface area is 190 Å². The molecule has 4 rings (SSSR count). The van der Waals surface area contributed by atoms with E-state index in [9.17, 15) is 19.3 Å². The van der Waals surface area contributed by atoms with Crippen LogP contribution in [0.5, 0.6) is 0 Å². The molecular weight excluding hydrogens is 458 g/mol. The van der Waals surface area contributed by atoms with Gasteiger partial charge in [-0.15, -0.1) is 0 Å². The minimum Gasteiger partial charge on any atom is -0.290 e. The lowest BCUT2D eigenvalue weighted by atomic mass is 10.1. The lowest BCUT2D eigenvalue weighted by Gasteiger charge is -2.05. The van der Waals surface area contributed by atoms with Gasteiger partial charge in [0.25, 0.3) is 11.2 Å². The molecule has 0 aliphatic rings. The molecule has 1 aromatic heterocycles. The van der Waals surface area contributed by atoms with Gasteiger partial charge in [-0.2, -0.15) is 0 Å². The number of aromatic nitrogens is 2. The molecule has 0 bridgehead atoms. The van der Waals surface area contributed by atoms with Crippen molar-refractivity contribution in [1.29, 1.82) is 0 Å². The van der Waals surface area contributed by atoms with Gasteiger partial charge in [-0.25, -0.2) is 9.07 Å². The highest BCUT2D eigenvalue weighted by Crippen LogP contribution is 2.36. The standard InChI is InChI=1S/C22H13Cl2FN4O3/c23-18-11-19(24)20(29(31)32)10-16(18)21-17(12-26-14-8-6-13(25)7-9-14)22(30)28(27-21)15-4-2-1-3-5-15/h1-12,27H. The minimum atomic E-state index is -0.638. The van der Waals surface area contributed by atoms with Crippen molar-refractivity contribution in [3.8, 4) is 16.9 Å². The van der Waals surface area contributed by atoms with Crippen LogP contribution in [-0.2, 0) is 0 Å². The van der Waals surface area contributed by atoms with Crippen molar-refractivity contribution < 1.29 is 9.31 Å². The number of aliphatic imine (C=N–C) groups is 1. The van der Waals surface area contributed by atoms with E-state index < -0.39 is 16.3 Å². The van der Waals surface area contributed by atoms with Gasteiger partial charge in [0.2, 0.25) is 0 Å². The molecule has 4 aromatic rings. The number of hydrogen-bond donors (Lipinski definition) is 1. The number of halogens is 3. The van der Waals surface area contributed by atoms with E-state index in [4.69, 9.17) is 23.2 Å². The van der Waals surface area contributed by atoms with Gasteiger partial charge in [-0.05, 0) is 42.5 Å². The Morgan fingerprint density at radius 1 is 1.03 bits per heavy atom. The Morgan fingerprint density at radius 3 is 2.38 bits per heavy atom. The predicted molar refractivity (Wildman–Crippen MR) is 122 cm³/mol. The second kappa shape index (κ2) is 8.78. The summed E-state index contributed by atoms with van der Waals surface area (Å²) in [4.78, 5) is 28.2.